The van der Waals surface area contributed by atoms with Crippen LogP contribution in [0.3, 0.4) is 0 Å². The number of piperidine rings is 1. The normalized spacial score (nSPS) is 30.7. The minimum Gasteiger partial charge on any atom is -0.370 e. The van der Waals surface area contributed by atoms with Gasteiger partial charge in [0.25, 0.3) is 0 Å². The van der Waals surface area contributed by atoms with Gasteiger partial charge in [-0.1, -0.05) is 19.3 Å². The Labute approximate surface area is 183 Å². The van der Waals surface area contributed by atoms with E-state index in [4.69, 9.17) is 11.1 Å². The van der Waals surface area contributed by atoms with Crippen molar-refractivity contribution in [3.05, 3.63) is 5.57 Å². The molecule has 0 spiro atoms. The molecule has 0 radical (unpaired) electrons. The Morgan fingerprint density at radius 2 is 2.00 bits per heavy atom. The van der Waals surface area contributed by atoms with Crippen molar-refractivity contribution >= 4 is 24.1 Å². The zero-order valence-electron chi connectivity index (χ0n) is 18.3. The molecule has 172 valence electrons. The zero-order chi connectivity index (χ0) is 22.4. The molecular weight excluding hydrogens is 396 g/mol. The van der Waals surface area contributed by atoms with E-state index in [0.717, 1.165) is 32.4 Å². The smallest absolute Gasteiger partial charge is 0.238 e. The summed E-state index contributed by atoms with van der Waals surface area (Å²) in [5.41, 5.74) is 4.38. The predicted molar refractivity (Wildman–Crippen MR) is 118 cm³/mol. The highest BCUT2D eigenvalue weighted by Crippen LogP contribution is 2.38. The second-order valence-corrected chi connectivity index (χ2v) is 9.38. The van der Waals surface area contributed by atoms with E-state index < -0.39 is 5.54 Å². The highest BCUT2D eigenvalue weighted by Gasteiger charge is 2.42. The molecule has 7 N–H and O–H groups in total. The number of carbonyl (C=O) groups is 2. The van der Waals surface area contributed by atoms with Crippen LogP contribution in [0.5, 0.6) is 0 Å². The molecule has 6 atom stereocenters. The average molecular weight is 433 g/mol. The van der Waals surface area contributed by atoms with Gasteiger partial charge in [-0.05, 0) is 57.5 Å². The van der Waals surface area contributed by atoms with Crippen LogP contribution >= 0.6 is 0 Å². The number of nitrogens with two attached hydrogens (primary N) is 1. The van der Waals surface area contributed by atoms with Crippen LogP contribution in [0, 0.1) is 17.2 Å². The van der Waals surface area contributed by atoms with Gasteiger partial charge in [0, 0.05) is 24.1 Å². The summed E-state index contributed by atoms with van der Waals surface area (Å²) in [7, 11) is 0. The van der Waals surface area contributed by atoms with Crippen molar-refractivity contribution in [2.24, 2.45) is 17.6 Å². The van der Waals surface area contributed by atoms with Crippen LogP contribution in [0.15, 0.2) is 5.57 Å². The SMILES string of the molecule is C[C@](C=O)(NC(=O)[C@@H]1CCCN1)C(=C=O)CC(NC(=N)N)C1NCCC2CCCCC21. The minimum atomic E-state index is -1.46. The summed E-state index contributed by atoms with van der Waals surface area (Å²) >= 11 is 0. The number of guanidine groups is 1. The Kier molecular flexibility index (Phi) is 7.86. The largest absolute Gasteiger partial charge is 0.370 e. The van der Waals surface area contributed by atoms with Crippen molar-refractivity contribution in [2.45, 2.75) is 82.0 Å². The van der Waals surface area contributed by atoms with E-state index in [1.807, 2.05) is 5.94 Å². The van der Waals surface area contributed by atoms with E-state index >= 15 is 0 Å². The van der Waals surface area contributed by atoms with Crippen molar-refractivity contribution in [1.82, 2.24) is 21.3 Å². The van der Waals surface area contributed by atoms with Crippen molar-refractivity contribution in [3.8, 4) is 0 Å². The molecule has 0 aromatic carbocycles. The van der Waals surface area contributed by atoms with Gasteiger partial charge < -0.3 is 31.8 Å². The standard InChI is InChI=1S/C22H36N6O3/c1-22(13-30,28-20(31)17-7-4-9-25-17)15(12-29)11-18(27-21(23)24)19-16-6-3-2-5-14(16)8-10-26-19/h13-14,16-19,25-26H,2-11H2,1H3,(H,28,31)(H4,23,24,27)/t14?,16?,17-,18?,19?,22+/m0/s1. The summed E-state index contributed by atoms with van der Waals surface area (Å²) in [6, 6.07) is -0.684. The summed E-state index contributed by atoms with van der Waals surface area (Å²) in [6.07, 6.45) is 8.18. The van der Waals surface area contributed by atoms with Crippen LogP contribution < -0.4 is 27.0 Å². The highest BCUT2D eigenvalue weighted by molar-refractivity contribution is 5.89. The molecule has 3 aliphatic rings. The van der Waals surface area contributed by atoms with Gasteiger partial charge >= 0.3 is 0 Å². The third-order valence-electron chi connectivity index (χ3n) is 7.27. The van der Waals surface area contributed by atoms with Crippen molar-refractivity contribution < 1.29 is 14.4 Å². The predicted octanol–water partition coefficient (Wildman–Crippen LogP) is -0.0197. The average Bonchev–Trinajstić information content (AvgIpc) is 3.31. The van der Waals surface area contributed by atoms with E-state index in [-0.39, 0.29) is 42.0 Å². The monoisotopic (exact) mass is 432 g/mol. The molecule has 0 bridgehead atoms. The van der Waals surface area contributed by atoms with Crippen LogP contribution in [0.1, 0.15) is 58.3 Å². The third kappa shape index (κ3) is 5.53. The minimum absolute atomic E-state index is 0.0226. The fourth-order valence-corrected chi connectivity index (χ4v) is 5.57. The molecule has 31 heavy (non-hydrogen) atoms. The molecule has 9 heteroatoms. The van der Waals surface area contributed by atoms with E-state index in [2.05, 4.69) is 21.3 Å². The molecule has 1 amide bonds. The number of fused-ring (bicyclic) bond motifs is 1. The number of hydrogen-bond donors (Lipinski definition) is 6. The number of aldehydes is 1. The Morgan fingerprint density at radius 1 is 1.23 bits per heavy atom. The van der Waals surface area contributed by atoms with Gasteiger partial charge in [-0.25, -0.2) is 4.79 Å². The molecule has 2 aliphatic heterocycles. The maximum absolute atomic E-state index is 12.6. The Hall–Kier alpha value is -2.22. The lowest BCUT2D eigenvalue weighted by molar-refractivity contribution is -0.126. The Balaban J connectivity index is 1.78. The topological polar surface area (TPSA) is 149 Å². The fraction of sp³-hybridized carbons (Fsp3) is 0.773. The van der Waals surface area contributed by atoms with Crippen LogP contribution in [0.2, 0.25) is 0 Å². The molecule has 1 saturated carbocycles. The molecule has 0 aromatic heterocycles. The lowest BCUT2D eigenvalue weighted by Crippen LogP contribution is -2.61. The lowest BCUT2D eigenvalue weighted by Gasteiger charge is -2.46. The molecule has 4 unspecified atom stereocenters. The molecule has 0 aromatic rings. The van der Waals surface area contributed by atoms with E-state index in [1.165, 1.54) is 26.2 Å². The van der Waals surface area contributed by atoms with Gasteiger partial charge in [0.1, 0.15) is 17.8 Å². The fourth-order valence-electron chi connectivity index (χ4n) is 5.57. The maximum atomic E-state index is 12.6. The van der Waals surface area contributed by atoms with E-state index in [9.17, 15) is 14.4 Å². The number of rotatable bonds is 8. The first-order valence-electron chi connectivity index (χ1n) is 11.5. The first-order chi connectivity index (χ1) is 14.9. The van der Waals surface area contributed by atoms with Gasteiger partial charge in [-0.2, -0.15) is 0 Å². The van der Waals surface area contributed by atoms with Gasteiger partial charge in [0.2, 0.25) is 5.91 Å². The molecule has 3 rings (SSSR count). The van der Waals surface area contributed by atoms with Crippen LogP contribution in [-0.2, 0) is 14.4 Å². The maximum Gasteiger partial charge on any atom is 0.238 e. The Morgan fingerprint density at radius 3 is 2.65 bits per heavy atom. The number of amides is 1. The summed E-state index contributed by atoms with van der Waals surface area (Å²) in [5, 5.41) is 20.2. The summed E-state index contributed by atoms with van der Waals surface area (Å²) in [6.45, 7) is 3.17. The molecule has 1 aliphatic carbocycles. The third-order valence-corrected chi connectivity index (χ3v) is 7.27. The van der Waals surface area contributed by atoms with E-state index in [1.54, 1.807) is 0 Å². The summed E-state index contributed by atoms with van der Waals surface area (Å²) in [5.74, 6) is 2.49. The van der Waals surface area contributed by atoms with Gasteiger partial charge in [0.05, 0.1) is 6.04 Å². The summed E-state index contributed by atoms with van der Waals surface area (Å²) in [4.78, 5) is 36.7. The number of carbonyl (C=O) groups excluding carboxylic acids is 3. The lowest BCUT2D eigenvalue weighted by atomic mass is 9.69. The Bertz CT molecular complexity index is 729. The highest BCUT2D eigenvalue weighted by atomic mass is 16.2. The number of nitrogens with one attached hydrogen (secondary N) is 5. The van der Waals surface area contributed by atoms with Crippen molar-refractivity contribution in [2.75, 3.05) is 13.1 Å². The van der Waals surface area contributed by atoms with Crippen molar-refractivity contribution in [3.63, 3.8) is 0 Å². The van der Waals surface area contributed by atoms with Crippen LogP contribution in [-0.4, -0.2) is 60.8 Å². The van der Waals surface area contributed by atoms with Gasteiger partial charge in [0.15, 0.2) is 5.96 Å². The molecular formula is C22H36N6O3. The first kappa shape index (κ1) is 23.4. The van der Waals surface area contributed by atoms with Crippen LogP contribution in [0.25, 0.3) is 0 Å². The number of hydrogen-bond acceptors (Lipinski definition) is 6. The van der Waals surface area contributed by atoms with Gasteiger partial charge in [-0.3, -0.25) is 10.2 Å². The van der Waals surface area contributed by atoms with Crippen LogP contribution in [0.4, 0.5) is 0 Å². The molecule has 2 heterocycles. The first-order valence-corrected chi connectivity index (χ1v) is 11.5. The summed E-state index contributed by atoms with van der Waals surface area (Å²) < 4.78 is 0. The molecule has 3 fully saturated rings. The second-order valence-electron chi connectivity index (χ2n) is 9.38. The van der Waals surface area contributed by atoms with E-state index in [0.29, 0.717) is 24.5 Å². The molecule has 9 nitrogen and oxygen atoms in total. The van der Waals surface area contributed by atoms with Gasteiger partial charge in [-0.15, -0.1) is 0 Å². The zero-order valence-corrected chi connectivity index (χ0v) is 18.3. The second kappa shape index (κ2) is 10.4. The van der Waals surface area contributed by atoms with Crippen molar-refractivity contribution in [1.29, 1.82) is 5.41 Å². The molecule has 2 saturated heterocycles. The quantitative estimate of drug-likeness (QED) is 0.137.